The first-order valence-corrected chi connectivity index (χ1v) is 9.80. The van der Waals surface area contributed by atoms with Crippen LogP contribution in [0.25, 0.3) is 0 Å². The molecule has 138 valence electrons. The summed E-state index contributed by atoms with van der Waals surface area (Å²) in [6.45, 7) is 5.87. The molecule has 2 heterocycles. The van der Waals surface area contributed by atoms with E-state index in [4.69, 9.17) is 28.9 Å². The van der Waals surface area contributed by atoms with Crippen molar-refractivity contribution in [2.45, 2.75) is 32.9 Å². The molecule has 1 aliphatic heterocycles. The number of benzene rings is 1. The zero-order chi connectivity index (χ0) is 19.0. The Morgan fingerprint density at radius 2 is 2.04 bits per heavy atom. The second-order valence-corrected chi connectivity index (χ2v) is 8.41. The lowest BCUT2D eigenvalue weighted by Crippen LogP contribution is -2.35. The van der Waals surface area contributed by atoms with Gasteiger partial charge in [0, 0.05) is 29.0 Å². The number of anilines is 1. The van der Waals surface area contributed by atoms with Crippen LogP contribution in [-0.2, 0) is 13.0 Å². The Hall–Kier alpha value is -1.60. The predicted molar refractivity (Wildman–Crippen MR) is 107 cm³/mol. The smallest absolute Gasteiger partial charge is 0.257 e. The predicted octanol–water partition coefficient (Wildman–Crippen LogP) is 4.17. The average molecular weight is 412 g/mol. The van der Waals surface area contributed by atoms with Crippen molar-refractivity contribution in [1.82, 2.24) is 4.90 Å². The van der Waals surface area contributed by atoms with Gasteiger partial charge in [-0.3, -0.25) is 14.5 Å². The fourth-order valence-corrected chi connectivity index (χ4v) is 4.70. The normalized spacial score (nSPS) is 14.3. The summed E-state index contributed by atoms with van der Waals surface area (Å²) in [6, 6.07) is 5.08. The van der Waals surface area contributed by atoms with E-state index in [9.17, 15) is 9.59 Å². The van der Waals surface area contributed by atoms with E-state index in [1.165, 1.54) is 17.4 Å². The van der Waals surface area contributed by atoms with Crippen molar-refractivity contribution in [3.63, 3.8) is 0 Å². The summed E-state index contributed by atoms with van der Waals surface area (Å²) in [4.78, 5) is 28.0. The summed E-state index contributed by atoms with van der Waals surface area (Å²) in [5.41, 5.74) is 7.20. The van der Waals surface area contributed by atoms with Gasteiger partial charge in [0.15, 0.2) is 0 Å². The van der Waals surface area contributed by atoms with Gasteiger partial charge in [-0.15, -0.1) is 11.3 Å². The highest BCUT2D eigenvalue weighted by molar-refractivity contribution is 7.17. The average Bonchev–Trinajstić information content (AvgIpc) is 2.93. The number of fused-ring (bicyclic) bond motifs is 1. The molecule has 0 saturated heterocycles. The minimum absolute atomic E-state index is 0.254. The number of nitrogens with zero attached hydrogens (tertiary/aromatic N) is 1. The molecule has 8 heteroatoms. The van der Waals surface area contributed by atoms with Crippen LogP contribution in [-0.4, -0.2) is 29.3 Å². The van der Waals surface area contributed by atoms with Crippen LogP contribution in [0.4, 0.5) is 5.00 Å². The monoisotopic (exact) mass is 411 g/mol. The van der Waals surface area contributed by atoms with E-state index in [-0.39, 0.29) is 5.56 Å². The molecule has 3 rings (SSSR count). The molecule has 26 heavy (non-hydrogen) atoms. The molecule has 1 aliphatic rings. The maximum atomic E-state index is 12.6. The van der Waals surface area contributed by atoms with Gasteiger partial charge in [-0.25, -0.2) is 0 Å². The zero-order valence-electron chi connectivity index (χ0n) is 14.4. The van der Waals surface area contributed by atoms with Gasteiger partial charge in [-0.2, -0.15) is 0 Å². The van der Waals surface area contributed by atoms with Gasteiger partial charge in [0.05, 0.1) is 16.1 Å². The summed E-state index contributed by atoms with van der Waals surface area (Å²) < 4.78 is 0. The molecule has 2 aromatic rings. The standard InChI is InChI=1S/C18H19Cl2N3O2S/c1-9(2)23-6-5-11-14(8-23)26-18(15(11)16(21)24)22-17(25)12-7-10(19)3-4-13(12)20/h3-4,7,9H,5-6,8H2,1-2H3,(H2,21,24)(H,22,25). The summed E-state index contributed by atoms with van der Waals surface area (Å²) in [5.74, 6) is -0.952. The SMILES string of the molecule is CC(C)N1CCc2c(sc(NC(=O)c3cc(Cl)ccc3Cl)c2C(N)=O)C1. The van der Waals surface area contributed by atoms with Crippen LogP contribution in [0.5, 0.6) is 0 Å². The second-order valence-electron chi connectivity index (χ2n) is 6.46. The third-order valence-corrected chi connectivity index (χ3v) is 6.16. The maximum Gasteiger partial charge on any atom is 0.257 e. The van der Waals surface area contributed by atoms with Crippen LogP contribution >= 0.6 is 34.5 Å². The molecular formula is C18H19Cl2N3O2S. The molecule has 5 nitrogen and oxygen atoms in total. The van der Waals surface area contributed by atoms with E-state index in [1.807, 2.05) is 0 Å². The summed E-state index contributed by atoms with van der Waals surface area (Å²) in [6.07, 6.45) is 0.732. The Morgan fingerprint density at radius 3 is 2.69 bits per heavy atom. The van der Waals surface area contributed by atoms with Crippen molar-refractivity contribution >= 4 is 51.4 Å². The summed E-state index contributed by atoms with van der Waals surface area (Å²) in [7, 11) is 0. The molecule has 3 N–H and O–H groups in total. The lowest BCUT2D eigenvalue weighted by molar-refractivity contribution is 0.0999. The number of primary amides is 1. The highest BCUT2D eigenvalue weighted by Crippen LogP contribution is 2.37. The van der Waals surface area contributed by atoms with Crippen molar-refractivity contribution in [2.75, 3.05) is 11.9 Å². The number of carbonyl (C=O) groups is 2. The van der Waals surface area contributed by atoms with Crippen LogP contribution in [0.15, 0.2) is 18.2 Å². The third-order valence-electron chi connectivity index (χ3n) is 4.46. The van der Waals surface area contributed by atoms with Crippen LogP contribution in [0.3, 0.4) is 0 Å². The summed E-state index contributed by atoms with van der Waals surface area (Å²) in [5, 5.41) is 3.96. The molecule has 0 fully saturated rings. The molecule has 1 aromatic heterocycles. The first-order valence-electron chi connectivity index (χ1n) is 8.22. The molecule has 0 spiro atoms. The van der Waals surface area contributed by atoms with E-state index in [1.54, 1.807) is 12.1 Å². The molecule has 0 atom stereocenters. The first-order chi connectivity index (χ1) is 12.3. The lowest BCUT2D eigenvalue weighted by Gasteiger charge is -2.30. The third kappa shape index (κ3) is 3.74. The van der Waals surface area contributed by atoms with Gasteiger partial charge >= 0.3 is 0 Å². The van der Waals surface area contributed by atoms with Crippen LogP contribution < -0.4 is 11.1 Å². The molecule has 1 aromatic carbocycles. The number of halogens is 2. The van der Waals surface area contributed by atoms with Crippen molar-refractivity contribution in [1.29, 1.82) is 0 Å². The number of nitrogens with two attached hydrogens (primary N) is 1. The fourth-order valence-electron chi connectivity index (χ4n) is 3.05. The maximum absolute atomic E-state index is 12.6. The van der Waals surface area contributed by atoms with E-state index in [0.717, 1.165) is 30.0 Å². The highest BCUT2D eigenvalue weighted by Gasteiger charge is 2.28. The molecule has 2 amide bonds. The van der Waals surface area contributed by atoms with E-state index in [2.05, 4.69) is 24.1 Å². The van der Waals surface area contributed by atoms with Gasteiger partial charge < -0.3 is 11.1 Å². The van der Waals surface area contributed by atoms with Gasteiger partial charge in [-0.1, -0.05) is 23.2 Å². The number of amides is 2. The number of rotatable bonds is 4. The van der Waals surface area contributed by atoms with Gasteiger partial charge in [0.25, 0.3) is 11.8 Å². The minimum atomic E-state index is -0.534. The number of nitrogens with one attached hydrogen (secondary N) is 1. The quantitative estimate of drug-likeness (QED) is 0.792. The number of hydrogen-bond acceptors (Lipinski definition) is 4. The summed E-state index contributed by atoms with van der Waals surface area (Å²) >= 11 is 13.5. The van der Waals surface area contributed by atoms with Crippen molar-refractivity contribution in [2.24, 2.45) is 5.73 Å². The van der Waals surface area contributed by atoms with Gasteiger partial charge in [-0.05, 0) is 44.0 Å². The number of hydrogen-bond donors (Lipinski definition) is 2. The van der Waals surface area contributed by atoms with Crippen LogP contribution in [0.2, 0.25) is 10.0 Å². The molecule has 0 unspecified atom stereocenters. The fraction of sp³-hybridized carbons (Fsp3) is 0.333. The second kappa shape index (κ2) is 7.56. The van der Waals surface area contributed by atoms with Gasteiger partial charge in [0.1, 0.15) is 5.00 Å². The number of carbonyl (C=O) groups excluding carboxylic acids is 2. The van der Waals surface area contributed by atoms with E-state index in [0.29, 0.717) is 26.7 Å². The van der Waals surface area contributed by atoms with Crippen LogP contribution in [0.1, 0.15) is 45.0 Å². The molecule has 0 bridgehead atoms. The Balaban J connectivity index is 1.94. The van der Waals surface area contributed by atoms with E-state index >= 15 is 0 Å². The Morgan fingerprint density at radius 1 is 1.31 bits per heavy atom. The number of thiophene rings is 1. The molecule has 0 radical (unpaired) electrons. The van der Waals surface area contributed by atoms with Crippen molar-refractivity contribution in [3.8, 4) is 0 Å². The van der Waals surface area contributed by atoms with Crippen molar-refractivity contribution in [3.05, 3.63) is 49.8 Å². The largest absolute Gasteiger partial charge is 0.365 e. The van der Waals surface area contributed by atoms with Gasteiger partial charge in [0.2, 0.25) is 0 Å². The first kappa shape index (κ1) is 19.2. The topological polar surface area (TPSA) is 75.4 Å². The lowest BCUT2D eigenvalue weighted by atomic mass is 10.0. The molecule has 0 aliphatic carbocycles. The zero-order valence-corrected chi connectivity index (χ0v) is 16.8. The van der Waals surface area contributed by atoms with Crippen molar-refractivity contribution < 1.29 is 9.59 Å². The Bertz CT molecular complexity index is 880. The van der Waals surface area contributed by atoms with E-state index < -0.39 is 11.8 Å². The van der Waals surface area contributed by atoms with Crippen LogP contribution in [0, 0.1) is 0 Å². The minimum Gasteiger partial charge on any atom is -0.365 e. The molecule has 0 saturated carbocycles. The Labute approximate surface area is 166 Å². The Kier molecular flexibility index (Phi) is 5.58. The highest BCUT2D eigenvalue weighted by atomic mass is 35.5. The molecular weight excluding hydrogens is 393 g/mol.